The zero-order valence-electron chi connectivity index (χ0n) is 28.4. The fourth-order valence-electron chi connectivity index (χ4n) is 7.23. The first kappa shape index (κ1) is 30.8. The number of fused-ring (bicyclic) bond motifs is 2. The Morgan fingerprint density at radius 1 is 0.490 bits per heavy atom. The van der Waals surface area contributed by atoms with Crippen LogP contribution in [0.3, 0.4) is 0 Å². The Morgan fingerprint density at radius 3 is 1.39 bits per heavy atom. The molecule has 2 aliphatic rings. The van der Waals surface area contributed by atoms with Gasteiger partial charge >= 0.3 is 6.97 Å². The van der Waals surface area contributed by atoms with Gasteiger partial charge in [0, 0.05) is 28.6 Å². The van der Waals surface area contributed by atoms with Crippen molar-refractivity contribution in [2.45, 2.75) is 34.6 Å². The zero-order valence-corrected chi connectivity index (χ0v) is 28.4. The topological polar surface area (TPSA) is 7.94 Å². The summed E-state index contributed by atoms with van der Waals surface area (Å²) >= 11 is 0. The third-order valence-electron chi connectivity index (χ3n) is 9.93. The first-order valence-electron chi connectivity index (χ1n) is 16.9. The minimum absolute atomic E-state index is 0.492. The molecule has 0 fully saturated rings. The van der Waals surface area contributed by atoms with Gasteiger partial charge in [0.2, 0.25) is 0 Å². The fourth-order valence-corrected chi connectivity index (χ4v) is 7.23. The summed E-state index contributed by atoms with van der Waals surface area (Å²) < 4.78 is 39.0. The van der Waals surface area contributed by atoms with Gasteiger partial charge in [-0.05, 0) is 75.1 Å². The van der Waals surface area contributed by atoms with Crippen LogP contribution in [0.1, 0.15) is 50.2 Å². The van der Waals surface area contributed by atoms with Gasteiger partial charge in [0.15, 0.2) is 11.4 Å². The second-order valence-electron chi connectivity index (χ2n) is 13.6. The average molecular weight is 643 g/mol. The Morgan fingerprint density at radius 2 is 0.898 bits per heavy atom. The molecule has 5 aromatic carbocycles. The molecule has 0 N–H and O–H groups in total. The van der Waals surface area contributed by atoms with Crippen LogP contribution >= 0.6 is 0 Å². The fraction of sp³-hybridized carbons (Fsp3) is 0.114. The van der Waals surface area contributed by atoms with Crippen LogP contribution in [0.15, 0.2) is 139 Å². The molecular weight excluding hydrogens is 605 g/mol. The Labute approximate surface area is 287 Å². The van der Waals surface area contributed by atoms with E-state index in [1.807, 2.05) is 88.4 Å². The van der Waals surface area contributed by atoms with Gasteiger partial charge in [-0.15, -0.1) is 0 Å². The number of halogens is 2. The molecule has 0 unspecified atom stereocenters. The first-order valence-corrected chi connectivity index (χ1v) is 16.9. The van der Waals surface area contributed by atoms with Crippen LogP contribution in [0.4, 0.5) is 8.63 Å². The van der Waals surface area contributed by atoms with Crippen molar-refractivity contribution in [3.63, 3.8) is 0 Å². The Bertz CT molecular complexity index is 2340. The molecule has 1 aromatic heterocycles. The number of hydrogen-bond donors (Lipinski definition) is 0. The largest absolute Gasteiger partial charge is 0.737 e. The molecule has 0 saturated heterocycles. The molecule has 8 rings (SSSR count). The van der Waals surface area contributed by atoms with E-state index in [0.29, 0.717) is 22.8 Å². The van der Waals surface area contributed by atoms with Gasteiger partial charge in [0.25, 0.3) is 0 Å². The molecule has 0 aliphatic carbocycles. The highest BCUT2D eigenvalue weighted by Gasteiger charge is 2.57. The van der Waals surface area contributed by atoms with E-state index >= 15 is 8.63 Å². The lowest BCUT2D eigenvalue weighted by atomic mass is 9.81. The summed E-state index contributed by atoms with van der Waals surface area (Å²) in [5.74, 6) is 0. The van der Waals surface area contributed by atoms with Crippen molar-refractivity contribution in [2.75, 3.05) is 0 Å². The lowest BCUT2D eigenvalue weighted by molar-refractivity contribution is -0.359. The maximum absolute atomic E-state index is 18.2. The van der Waals surface area contributed by atoms with Crippen LogP contribution < -0.4 is 0 Å². The van der Waals surface area contributed by atoms with Gasteiger partial charge in [-0.25, -0.2) is 0 Å². The lowest BCUT2D eigenvalue weighted by Gasteiger charge is -2.35. The second-order valence-corrected chi connectivity index (χ2v) is 13.6. The number of hydrogen-bond acceptors (Lipinski definition) is 0. The number of aromatic nitrogens is 1. The molecule has 240 valence electrons. The summed E-state index contributed by atoms with van der Waals surface area (Å²) in [4.78, 5) is 0. The standard InChI is InChI=1S/C44H37BF2N2/c1-28-6-16-33(17-7-28)38-26-40(35-20-10-30(3)11-21-35)48-43(38)42(37-24-14-32(5)15-25-37)44-39(34-18-8-29(2)9-19-34)27-41(49(44)45(48,46)47)36-22-12-31(4)13-23-36/h6-27H,1-5H3. The van der Waals surface area contributed by atoms with Gasteiger partial charge in [-0.3, -0.25) is 0 Å². The predicted molar refractivity (Wildman–Crippen MR) is 200 cm³/mol. The van der Waals surface area contributed by atoms with E-state index in [0.717, 1.165) is 72.3 Å². The van der Waals surface area contributed by atoms with Crippen LogP contribution in [0.5, 0.6) is 0 Å². The third-order valence-corrected chi connectivity index (χ3v) is 9.93. The molecule has 0 radical (unpaired) electrons. The molecule has 49 heavy (non-hydrogen) atoms. The van der Waals surface area contributed by atoms with E-state index in [1.54, 1.807) is 0 Å². The van der Waals surface area contributed by atoms with E-state index in [4.69, 9.17) is 0 Å². The SMILES string of the molecule is Cc1ccc(C2=CC(c3ccc(C)cc3)=[N+]3C2=C(c2ccc(C)cc2)c2c(-c4ccc(C)cc4)cc(-c4ccc(C)cc4)n2[B-]3(F)F)cc1. The number of benzene rings is 5. The van der Waals surface area contributed by atoms with Gasteiger partial charge in [0.1, 0.15) is 0 Å². The number of aryl methyl sites for hydroxylation is 5. The van der Waals surface area contributed by atoms with E-state index in [2.05, 4.69) is 79.7 Å². The van der Waals surface area contributed by atoms with Crippen LogP contribution in [-0.4, -0.2) is 21.6 Å². The minimum Gasteiger partial charge on any atom is -0.389 e. The molecule has 0 spiro atoms. The summed E-state index contributed by atoms with van der Waals surface area (Å²) in [5.41, 5.74) is 14.1. The van der Waals surface area contributed by atoms with Crippen LogP contribution in [0.25, 0.3) is 33.5 Å². The molecular formula is C44H37BF2N2. The molecule has 2 nitrogen and oxygen atoms in total. The smallest absolute Gasteiger partial charge is 0.389 e. The minimum atomic E-state index is -4.40. The van der Waals surface area contributed by atoms with Gasteiger partial charge < -0.3 is 17.6 Å². The quantitative estimate of drug-likeness (QED) is 0.165. The van der Waals surface area contributed by atoms with Crippen LogP contribution in [0.2, 0.25) is 0 Å². The molecule has 0 atom stereocenters. The summed E-state index contributed by atoms with van der Waals surface area (Å²) in [7, 11) is 0. The van der Waals surface area contributed by atoms with Crippen molar-refractivity contribution in [3.8, 4) is 22.4 Å². The normalized spacial score (nSPS) is 15.0. The van der Waals surface area contributed by atoms with Crippen molar-refractivity contribution < 1.29 is 13.1 Å². The number of rotatable bonds is 5. The summed E-state index contributed by atoms with van der Waals surface area (Å²) in [6.45, 7) is 5.79. The molecule has 5 heteroatoms. The van der Waals surface area contributed by atoms with Crippen molar-refractivity contribution in [2.24, 2.45) is 0 Å². The Kier molecular flexibility index (Phi) is 7.26. The van der Waals surface area contributed by atoms with Crippen molar-refractivity contribution in [1.29, 1.82) is 0 Å². The zero-order chi connectivity index (χ0) is 34.0. The van der Waals surface area contributed by atoms with Crippen LogP contribution in [-0.2, 0) is 0 Å². The molecule has 0 saturated carbocycles. The number of nitrogens with zero attached hydrogens (tertiary/aromatic N) is 2. The second kappa shape index (κ2) is 11.6. The Hall–Kier alpha value is -5.55. The van der Waals surface area contributed by atoms with Crippen molar-refractivity contribution in [1.82, 2.24) is 4.48 Å². The van der Waals surface area contributed by atoms with E-state index in [-0.39, 0.29) is 0 Å². The monoisotopic (exact) mass is 642 g/mol. The Balaban J connectivity index is 1.56. The first-order chi connectivity index (χ1) is 23.6. The highest BCUT2D eigenvalue weighted by atomic mass is 19.2. The van der Waals surface area contributed by atoms with Crippen molar-refractivity contribution in [3.05, 3.63) is 189 Å². The summed E-state index contributed by atoms with van der Waals surface area (Å²) in [6.07, 6.45) is 1.97. The molecule has 0 bridgehead atoms. The summed E-state index contributed by atoms with van der Waals surface area (Å²) in [6, 6.07) is 42.5. The molecule has 2 aliphatic heterocycles. The third kappa shape index (κ3) is 5.12. The van der Waals surface area contributed by atoms with Crippen LogP contribution in [0, 0.1) is 34.6 Å². The highest BCUT2D eigenvalue weighted by Crippen LogP contribution is 2.51. The molecule has 0 amide bonds. The molecule has 6 aromatic rings. The van der Waals surface area contributed by atoms with E-state index in [9.17, 15) is 0 Å². The highest BCUT2D eigenvalue weighted by molar-refractivity contribution is 6.59. The van der Waals surface area contributed by atoms with Crippen molar-refractivity contribution >= 4 is 23.8 Å². The van der Waals surface area contributed by atoms with E-state index in [1.165, 1.54) is 8.96 Å². The average Bonchev–Trinajstić information content (AvgIpc) is 3.69. The maximum Gasteiger partial charge on any atom is 0.737 e. The predicted octanol–water partition coefficient (Wildman–Crippen LogP) is 11.0. The lowest BCUT2D eigenvalue weighted by Crippen LogP contribution is -2.51. The summed E-state index contributed by atoms with van der Waals surface area (Å²) in [5, 5.41) is 0. The van der Waals surface area contributed by atoms with E-state index < -0.39 is 6.97 Å². The van der Waals surface area contributed by atoms with Gasteiger partial charge in [-0.2, -0.15) is 0 Å². The van der Waals surface area contributed by atoms with Gasteiger partial charge in [0.05, 0.1) is 11.1 Å². The maximum atomic E-state index is 18.2. The number of allylic oxidation sites excluding steroid dienone is 2. The molecule has 3 heterocycles. The van der Waals surface area contributed by atoms with Gasteiger partial charge in [-0.1, -0.05) is 137 Å².